The SMILES string of the molecule is C=CCCO[C@@H]1C=C[C@H](OC(C)=O)[C@@H](COC(C)=O)O1. The minimum Gasteiger partial charge on any atom is -0.463 e. The zero-order valence-electron chi connectivity index (χ0n) is 11.7. The summed E-state index contributed by atoms with van der Waals surface area (Å²) >= 11 is 0. The second-order valence-electron chi connectivity index (χ2n) is 4.25. The van der Waals surface area contributed by atoms with Crippen LogP contribution >= 0.6 is 0 Å². The van der Waals surface area contributed by atoms with Gasteiger partial charge in [0.25, 0.3) is 0 Å². The Morgan fingerprint density at radius 2 is 2.05 bits per heavy atom. The van der Waals surface area contributed by atoms with E-state index in [9.17, 15) is 9.59 Å². The quantitative estimate of drug-likeness (QED) is 0.399. The van der Waals surface area contributed by atoms with Gasteiger partial charge in [-0.1, -0.05) is 6.08 Å². The van der Waals surface area contributed by atoms with Crippen LogP contribution in [0.25, 0.3) is 0 Å². The summed E-state index contributed by atoms with van der Waals surface area (Å²) in [6.07, 6.45) is 4.06. The first-order valence-electron chi connectivity index (χ1n) is 6.39. The van der Waals surface area contributed by atoms with Gasteiger partial charge in [0.2, 0.25) is 0 Å². The highest BCUT2D eigenvalue weighted by molar-refractivity contribution is 5.66. The second-order valence-corrected chi connectivity index (χ2v) is 4.25. The largest absolute Gasteiger partial charge is 0.463 e. The summed E-state index contributed by atoms with van der Waals surface area (Å²) < 4.78 is 21.1. The third kappa shape index (κ3) is 5.99. The van der Waals surface area contributed by atoms with Crippen molar-refractivity contribution in [1.82, 2.24) is 0 Å². The molecule has 0 saturated carbocycles. The van der Waals surface area contributed by atoms with Crippen LogP contribution in [0.1, 0.15) is 20.3 Å². The Morgan fingerprint density at radius 3 is 2.65 bits per heavy atom. The highest BCUT2D eigenvalue weighted by Crippen LogP contribution is 2.18. The van der Waals surface area contributed by atoms with Crippen molar-refractivity contribution in [3.8, 4) is 0 Å². The molecule has 1 aliphatic heterocycles. The molecule has 0 aromatic carbocycles. The monoisotopic (exact) mass is 284 g/mol. The summed E-state index contributed by atoms with van der Waals surface area (Å²) in [5.74, 6) is -0.851. The van der Waals surface area contributed by atoms with Crippen molar-refractivity contribution in [3.05, 3.63) is 24.8 Å². The zero-order valence-corrected chi connectivity index (χ0v) is 11.7. The van der Waals surface area contributed by atoms with E-state index in [-0.39, 0.29) is 6.61 Å². The number of rotatable bonds is 7. The van der Waals surface area contributed by atoms with E-state index in [4.69, 9.17) is 18.9 Å². The van der Waals surface area contributed by atoms with Crippen molar-refractivity contribution in [3.63, 3.8) is 0 Å². The smallest absolute Gasteiger partial charge is 0.303 e. The van der Waals surface area contributed by atoms with Crippen LogP contribution in [-0.2, 0) is 28.5 Å². The van der Waals surface area contributed by atoms with Gasteiger partial charge >= 0.3 is 11.9 Å². The number of carbonyl (C=O) groups is 2. The van der Waals surface area contributed by atoms with Gasteiger partial charge in [0.1, 0.15) is 18.8 Å². The summed E-state index contributed by atoms with van der Waals surface area (Å²) in [6, 6.07) is 0. The van der Waals surface area contributed by atoms with E-state index in [0.29, 0.717) is 13.0 Å². The standard InChI is InChI=1S/C14H20O6/c1-4-5-8-17-14-7-6-12(19-11(3)16)13(20-14)9-18-10(2)15/h4,6-7,12-14H,1,5,8-9H2,2-3H3/t12-,13+,14-/m0/s1. The molecule has 0 radical (unpaired) electrons. The molecule has 0 saturated heterocycles. The molecular weight excluding hydrogens is 264 g/mol. The first-order valence-corrected chi connectivity index (χ1v) is 6.39. The second kappa shape index (κ2) is 8.50. The summed E-state index contributed by atoms with van der Waals surface area (Å²) in [7, 11) is 0. The predicted octanol–water partition coefficient (Wildman–Crippen LogP) is 1.35. The van der Waals surface area contributed by atoms with Gasteiger partial charge in [-0.05, 0) is 18.6 Å². The lowest BCUT2D eigenvalue weighted by Gasteiger charge is -2.31. The molecule has 112 valence electrons. The van der Waals surface area contributed by atoms with Gasteiger partial charge in [-0.15, -0.1) is 6.58 Å². The average molecular weight is 284 g/mol. The fourth-order valence-corrected chi connectivity index (χ4v) is 1.62. The Kier molecular flexibility index (Phi) is 6.97. The molecule has 20 heavy (non-hydrogen) atoms. The molecule has 0 aliphatic carbocycles. The van der Waals surface area contributed by atoms with E-state index >= 15 is 0 Å². The molecule has 0 aromatic heterocycles. The van der Waals surface area contributed by atoms with Crippen LogP contribution in [0.2, 0.25) is 0 Å². The fourth-order valence-electron chi connectivity index (χ4n) is 1.62. The van der Waals surface area contributed by atoms with Gasteiger partial charge in [-0.25, -0.2) is 0 Å². The van der Waals surface area contributed by atoms with Gasteiger partial charge in [0.15, 0.2) is 6.29 Å². The lowest BCUT2D eigenvalue weighted by atomic mass is 10.1. The van der Waals surface area contributed by atoms with E-state index in [0.717, 1.165) is 0 Å². The number of hydrogen-bond donors (Lipinski definition) is 0. The third-order valence-corrected chi connectivity index (χ3v) is 2.49. The molecule has 0 N–H and O–H groups in total. The minimum absolute atomic E-state index is 0.00105. The van der Waals surface area contributed by atoms with Crippen molar-refractivity contribution in [1.29, 1.82) is 0 Å². The van der Waals surface area contributed by atoms with Crippen molar-refractivity contribution >= 4 is 11.9 Å². The molecule has 0 unspecified atom stereocenters. The van der Waals surface area contributed by atoms with Crippen LogP contribution in [0.4, 0.5) is 0 Å². The summed E-state index contributed by atoms with van der Waals surface area (Å²) in [6.45, 7) is 6.68. The molecule has 3 atom stereocenters. The third-order valence-electron chi connectivity index (χ3n) is 2.49. The van der Waals surface area contributed by atoms with Crippen LogP contribution in [0, 0.1) is 0 Å². The van der Waals surface area contributed by atoms with Crippen LogP contribution in [-0.4, -0.2) is 43.7 Å². The maximum atomic E-state index is 11.0. The highest BCUT2D eigenvalue weighted by Gasteiger charge is 2.30. The van der Waals surface area contributed by atoms with Crippen LogP contribution in [0.3, 0.4) is 0 Å². The highest BCUT2D eigenvalue weighted by atomic mass is 16.7. The molecule has 0 amide bonds. The predicted molar refractivity (Wildman–Crippen MR) is 70.8 cm³/mol. The normalized spacial score (nSPS) is 25.0. The van der Waals surface area contributed by atoms with E-state index in [2.05, 4.69) is 6.58 Å². The van der Waals surface area contributed by atoms with Crippen molar-refractivity contribution in [2.75, 3.05) is 13.2 Å². The van der Waals surface area contributed by atoms with Gasteiger partial charge in [0, 0.05) is 13.8 Å². The molecule has 1 heterocycles. The number of hydrogen-bond acceptors (Lipinski definition) is 6. The van der Waals surface area contributed by atoms with E-state index in [1.807, 2.05) is 0 Å². The molecule has 6 nitrogen and oxygen atoms in total. The Balaban J connectivity index is 2.58. The first-order chi connectivity index (χ1) is 9.52. The van der Waals surface area contributed by atoms with Crippen LogP contribution in [0.15, 0.2) is 24.8 Å². The topological polar surface area (TPSA) is 71.1 Å². The Bertz CT molecular complexity index is 376. The Hall–Kier alpha value is -1.66. The Morgan fingerprint density at radius 1 is 1.30 bits per heavy atom. The number of esters is 2. The zero-order chi connectivity index (χ0) is 15.0. The van der Waals surface area contributed by atoms with Crippen molar-refractivity contribution in [2.45, 2.75) is 38.8 Å². The van der Waals surface area contributed by atoms with E-state index < -0.39 is 30.4 Å². The van der Waals surface area contributed by atoms with Crippen LogP contribution < -0.4 is 0 Å². The van der Waals surface area contributed by atoms with Gasteiger partial charge in [-0.3, -0.25) is 9.59 Å². The van der Waals surface area contributed by atoms with Crippen molar-refractivity contribution < 1.29 is 28.5 Å². The molecule has 0 bridgehead atoms. The molecule has 0 spiro atoms. The fraction of sp³-hybridized carbons (Fsp3) is 0.571. The van der Waals surface area contributed by atoms with Crippen molar-refractivity contribution in [2.24, 2.45) is 0 Å². The molecule has 1 aliphatic rings. The molecular formula is C14H20O6. The number of ether oxygens (including phenoxy) is 4. The summed E-state index contributed by atoms with van der Waals surface area (Å²) in [4.78, 5) is 21.9. The maximum absolute atomic E-state index is 11.0. The Labute approximate surface area is 118 Å². The maximum Gasteiger partial charge on any atom is 0.303 e. The van der Waals surface area contributed by atoms with Gasteiger partial charge in [-0.2, -0.15) is 0 Å². The average Bonchev–Trinajstić information content (AvgIpc) is 2.38. The minimum atomic E-state index is -0.592. The molecule has 0 aromatic rings. The summed E-state index contributed by atoms with van der Waals surface area (Å²) in [5, 5.41) is 0. The van der Waals surface area contributed by atoms with E-state index in [1.54, 1.807) is 18.2 Å². The van der Waals surface area contributed by atoms with Crippen LogP contribution in [0.5, 0.6) is 0 Å². The lowest BCUT2D eigenvalue weighted by Crippen LogP contribution is -2.42. The van der Waals surface area contributed by atoms with E-state index in [1.165, 1.54) is 13.8 Å². The summed E-state index contributed by atoms with van der Waals surface area (Å²) in [5.41, 5.74) is 0. The van der Waals surface area contributed by atoms with Gasteiger partial charge in [0.05, 0.1) is 6.61 Å². The first kappa shape index (κ1) is 16.4. The molecule has 0 fully saturated rings. The van der Waals surface area contributed by atoms with Gasteiger partial charge < -0.3 is 18.9 Å². The molecule has 1 rings (SSSR count). The lowest BCUT2D eigenvalue weighted by molar-refractivity contribution is -0.196. The molecule has 6 heteroatoms. The number of carbonyl (C=O) groups excluding carboxylic acids is 2.